The van der Waals surface area contributed by atoms with Gasteiger partial charge in [-0.05, 0) is 12.8 Å². The van der Waals surface area contributed by atoms with Crippen molar-refractivity contribution < 1.29 is 9.94 Å². The molecule has 1 rings (SSSR count). The van der Waals surface area contributed by atoms with Crippen LogP contribution < -0.4 is 0 Å². The molecule has 0 bridgehead atoms. The molecule has 4 nitrogen and oxygen atoms in total. The van der Waals surface area contributed by atoms with Gasteiger partial charge in [-0.1, -0.05) is 0 Å². The van der Waals surface area contributed by atoms with Gasteiger partial charge in [0.05, 0.1) is 0 Å². The van der Waals surface area contributed by atoms with E-state index in [-0.39, 0.29) is 5.92 Å². The third kappa shape index (κ3) is 2.17. The van der Waals surface area contributed by atoms with E-state index in [2.05, 4.69) is 0 Å². The predicted octanol–water partition coefficient (Wildman–Crippen LogP) is 0.711. The maximum atomic E-state index is 8.94. The van der Waals surface area contributed by atoms with E-state index in [0.717, 1.165) is 17.9 Å². The first kappa shape index (κ1) is 8.49. The molecule has 1 heterocycles. The third-order valence-corrected chi connectivity index (χ3v) is 1.96. The van der Waals surface area contributed by atoms with Crippen LogP contribution in [0.4, 0.5) is 0 Å². The van der Waals surface area contributed by atoms with Gasteiger partial charge < -0.3 is 4.74 Å². The highest BCUT2D eigenvalue weighted by molar-refractivity contribution is 5.80. The van der Waals surface area contributed by atoms with E-state index < -0.39 is 0 Å². The van der Waals surface area contributed by atoms with E-state index in [4.69, 9.17) is 15.4 Å². The van der Waals surface area contributed by atoms with Crippen molar-refractivity contribution in [3.05, 3.63) is 0 Å². The van der Waals surface area contributed by atoms with Gasteiger partial charge in [-0.2, -0.15) is 0 Å². The largest absolute Gasteiger partial charge is 0.381 e. The minimum Gasteiger partial charge on any atom is -0.381 e. The van der Waals surface area contributed by atoms with Crippen LogP contribution in [-0.4, -0.2) is 36.4 Å². The van der Waals surface area contributed by atoms with Crippen LogP contribution >= 0.6 is 0 Å². The zero-order chi connectivity index (χ0) is 8.27. The number of ether oxygens (including phenoxy) is 1. The lowest BCUT2D eigenvalue weighted by Crippen LogP contribution is -2.33. The van der Waals surface area contributed by atoms with Gasteiger partial charge in [0.25, 0.3) is 0 Å². The van der Waals surface area contributed by atoms with Crippen LogP contribution in [0.5, 0.6) is 0 Å². The second kappa shape index (κ2) is 3.69. The molecule has 1 aliphatic heterocycles. The number of rotatable bonds is 1. The Morgan fingerprint density at radius 1 is 1.55 bits per heavy atom. The Hall–Kier alpha value is -0.610. The number of nitrogens with zero attached hydrogens (tertiary/aromatic N) is 1. The summed E-state index contributed by atoms with van der Waals surface area (Å²) in [5.41, 5.74) is 0. The Morgan fingerprint density at radius 3 is 2.55 bits per heavy atom. The second-order valence-electron chi connectivity index (χ2n) is 2.80. The Kier molecular flexibility index (Phi) is 2.84. The van der Waals surface area contributed by atoms with Gasteiger partial charge in [0, 0.05) is 26.2 Å². The van der Waals surface area contributed by atoms with Crippen molar-refractivity contribution in [1.29, 1.82) is 5.41 Å². The van der Waals surface area contributed by atoms with E-state index in [9.17, 15) is 0 Å². The Balaban J connectivity index is 2.39. The molecular weight excluding hydrogens is 144 g/mol. The minimum absolute atomic E-state index is 0.179. The fourth-order valence-corrected chi connectivity index (χ4v) is 1.24. The van der Waals surface area contributed by atoms with Crippen LogP contribution in [0.25, 0.3) is 0 Å². The normalized spacial score (nSPS) is 19.8. The van der Waals surface area contributed by atoms with Crippen LogP contribution in [0.15, 0.2) is 0 Å². The lowest BCUT2D eigenvalue weighted by molar-refractivity contribution is -0.00132. The minimum atomic E-state index is 0.179. The van der Waals surface area contributed by atoms with Gasteiger partial charge >= 0.3 is 0 Å². The number of hydrogen-bond acceptors (Lipinski definition) is 3. The Morgan fingerprint density at radius 2 is 2.09 bits per heavy atom. The fraction of sp³-hybridized carbons (Fsp3) is 0.857. The summed E-state index contributed by atoms with van der Waals surface area (Å²) in [4.78, 5) is 0. The van der Waals surface area contributed by atoms with Gasteiger partial charge in [0.1, 0.15) is 5.84 Å². The predicted molar refractivity (Wildman–Crippen MR) is 40.8 cm³/mol. The molecule has 0 radical (unpaired) electrons. The summed E-state index contributed by atoms with van der Waals surface area (Å²) in [7, 11) is 1.48. The quantitative estimate of drug-likeness (QED) is 0.336. The average molecular weight is 158 g/mol. The Bertz CT molecular complexity index is 141. The van der Waals surface area contributed by atoms with Crippen molar-refractivity contribution in [2.24, 2.45) is 5.92 Å². The van der Waals surface area contributed by atoms with Gasteiger partial charge in [-0.25, -0.2) is 5.06 Å². The molecule has 11 heavy (non-hydrogen) atoms. The lowest BCUT2D eigenvalue weighted by atomic mass is 9.99. The summed E-state index contributed by atoms with van der Waals surface area (Å²) in [5, 5.41) is 17.3. The van der Waals surface area contributed by atoms with Crippen molar-refractivity contribution in [1.82, 2.24) is 5.06 Å². The molecule has 1 aliphatic rings. The SMILES string of the molecule is CN(O)C(=N)C1CCOCC1. The van der Waals surface area contributed by atoms with Crippen LogP contribution in [0.3, 0.4) is 0 Å². The van der Waals surface area contributed by atoms with E-state index in [1.807, 2.05) is 0 Å². The van der Waals surface area contributed by atoms with Gasteiger partial charge in [0.2, 0.25) is 0 Å². The standard InChI is InChI=1S/C7H14N2O2/c1-9(10)7(8)6-2-4-11-5-3-6/h6,8,10H,2-5H2,1H3. The molecule has 0 saturated carbocycles. The first-order valence-corrected chi connectivity index (χ1v) is 3.80. The van der Waals surface area contributed by atoms with Crippen LogP contribution in [0.2, 0.25) is 0 Å². The topological polar surface area (TPSA) is 56.5 Å². The maximum Gasteiger partial charge on any atom is 0.123 e. The highest BCUT2D eigenvalue weighted by Crippen LogP contribution is 2.16. The molecule has 0 unspecified atom stereocenters. The number of amidine groups is 1. The van der Waals surface area contributed by atoms with E-state index in [0.29, 0.717) is 19.0 Å². The summed E-state index contributed by atoms with van der Waals surface area (Å²) < 4.78 is 5.13. The first-order valence-electron chi connectivity index (χ1n) is 3.80. The molecule has 0 aromatic carbocycles. The van der Waals surface area contributed by atoms with Gasteiger partial charge in [0.15, 0.2) is 0 Å². The molecule has 64 valence electrons. The fourth-order valence-electron chi connectivity index (χ4n) is 1.24. The monoisotopic (exact) mass is 158 g/mol. The maximum absolute atomic E-state index is 8.94. The van der Waals surface area contributed by atoms with Crippen molar-refractivity contribution in [2.45, 2.75) is 12.8 Å². The Labute approximate surface area is 66.2 Å². The smallest absolute Gasteiger partial charge is 0.123 e. The van der Waals surface area contributed by atoms with Gasteiger partial charge in [-0.15, -0.1) is 0 Å². The third-order valence-electron chi connectivity index (χ3n) is 1.96. The van der Waals surface area contributed by atoms with Crippen LogP contribution in [0, 0.1) is 11.3 Å². The summed E-state index contributed by atoms with van der Waals surface area (Å²) >= 11 is 0. The second-order valence-corrected chi connectivity index (χ2v) is 2.80. The summed E-state index contributed by atoms with van der Waals surface area (Å²) in [5.74, 6) is 0.479. The van der Waals surface area contributed by atoms with Gasteiger partial charge in [-0.3, -0.25) is 10.6 Å². The molecule has 0 atom stereocenters. The number of hydrogen-bond donors (Lipinski definition) is 2. The summed E-state index contributed by atoms with van der Waals surface area (Å²) in [6, 6.07) is 0. The lowest BCUT2D eigenvalue weighted by Gasteiger charge is -2.25. The van der Waals surface area contributed by atoms with Crippen LogP contribution in [-0.2, 0) is 4.74 Å². The van der Waals surface area contributed by atoms with E-state index >= 15 is 0 Å². The average Bonchev–Trinajstić information content (AvgIpc) is 2.05. The first-order chi connectivity index (χ1) is 5.22. The zero-order valence-corrected chi connectivity index (χ0v) is 6.71. The van der Waals surface area contributed by atoms with E-state index in [1.54, 1.807) is 0 Å². The van der Waals surface area contributed by atoms with Crippen molar-refractivity contribution in [3.8, 4) is 0 Å². The summed E-state index contributed by atoms with van der Waals surface area (Å²) in [6.07, 6.45) is 1.70. The molecule has 2 N–H and O–H groups in total. The van der Waals surface area contributed by atoms with Crippen molar-refractivity contribution >= 4 is 5.84 Å². The zero-order valence-electron chi connectivity index (χ0n) is 6.71. The molecule has 1 saturated heterocycles. The van der Waals surface area contributed by atoms with Crippen molar-refractivity contribution in [3.63, 3.8) is 0 Å². The number of nitrogens with one attached hydrogen (secondary N) is 1. The highest BCUT2D eigenvalue weighted by atomic mass is 16.5. The molecule has 4 heteroatoms. The molecule has 0 spiro atoms. The van der Waals surface area contributed by atoms with E-state index in [1.165, 1.54) is 7.05 Å². The summed E-state index contributed by atoms with van der Waals surface area (Å²) in [6.45, 7) is 1.42. The highest BCUT2D eigenvalue weighted by Gasteiger charge is 2.20. The molecule has 0 aromatic heterocycles. The number of hydroxylamine groups is 2. The molecule has 0 amide bonds. The molecule has 0 aromatic rings. The molecular formula is C7H14N2O2. The van der Waals surface area contributed by atoms with Crippen molar-refractivity contribution in [2.75, 3.05) is 20.3 Å². The molecule has 0 aliphatic carbocycles. The van der Waals surface area contributed by atoms with Crippen LogP contribution in [0.1, 0.15) is 12.8 Å². The molecule has 1 fully saturated rings.